The lowest BCUT2D eigenvalue weighted by atomic mass is 10.0. The minimum absolute atomic E-state index is 0.00863. The van der Waals surface area contributed by atoms with E-state index in [-0.39, 0.29) is 26.1 Å². The average Bonchev–Trinajstić information content (AvgIpc) is 3.15. The fourth-order valence-electron chi connectivity index (χ4n) is 5.30. The Morgan fingerprint density at radius 2 is 1.04 bits per heavy atom. The van der Waals surface area contributed by atoms with Gasteiger partial charge in [-0.05, 0) is 65.5 Å². The minimum atomic E-state index is -4.38. The third kappa shape index (κ3) is 40.9. The van der Waals surface area contributed by atoms with E-state index in [0.717, 1.165) is 57.8 Å². The van der Waals surface area contributed by atoms with Crippen molar-refractivity contribution in [1.29, 1.82) is 0 Å². The summed E-state index contributed by atoms with van der Waals surface area (Å²) in [6.07, 6.45) is 46.8. The van der Waals surface area contributed by atoms with Gasteiger partial charge >= 0.3 is 19.8 Å². The van der Waals surface area contributed by atoms with Gasteiger partial charge < -0.3 is 19.3 Å². The number of phosphoric acid groups is 1. The molecule has 0 spiro atoms. The first-order chi connectivity index (χ1) is 26.7. The molecule has 0 rings (SSSR count). The first-order valence-electron chi connectivity index (χ1n) is 21.2. The standard InChI is InChI=1S/C45H78NO8P/c1-5-7-9-11-13-15-17-19-20-21-22-23-24-26-28-30-32-34-36-38-45(48)54-43(42-53-55(49,50)52-40-39-46(3)4)41-51-44(47)37-35-33-31-29-27-25-18-16-14-12-10-8-6-2/h7,9,13,15,19-20,22-23,26,28,32,34,43H,5-6,8,10-12,14,16-18,21,24-25,27,29-31,33,35-42H2,1-4H3,(H,49,50)/b9-7-,15-13-,20-19-,23-22-,28-26-,34-32-. The molecule has 0 aliphatic rings. The van der Waals surface area contributed by atoms with Crippen LogP contribution in [0.2, 0.25) is 0 Å². The van der Waals surface area contributed by atoms with Gasteiger partial charge in [-0.15, -0.1) is 0 Å². The van der Waals surface area contributed by atoms with Crippen LogP contribution in [0.5, 0.6) is 0 Å². The van der Waals surface area contributed by atoms with E-state index in [1.54, 1.807) is 4.90 Å². The molecule has 0 aromatic rings. The first-order valence-corrected chi connectivity index (χ1v) is 22.7. The second-order valence-electron chi connectivity index (χ2n) is 14.1. The van der Waals surface area contributed by atoms with Gasteiger partial charge in [-0.3, -0.25) is 18.6 Å². The Morgan fingerprint density at radius 1 is 0.582 bits per heavy atom. The van der Waals surface area contributed by atoms with E-state index in [9.17, 15) is 19.0 Å². The van der Waals surface area contributed by atoms with Crippen molar-refractivity contribution in [3.8, 4) is 0 Å². The van der Waals surface area contributed by atoms with Gasteiger partial charge in [0.25, 0.3) is 0 Å². The van der Waals surface area contributed by atoms with Gasteiger partial charge in [0.2, 0.25) is 0 Å². The topological polar surface area (TPSA) is 112 Å². The largest absolute Gasteiger partial charge is 0.472 e. The minimum Gasteiger partial charge on any atom is -0.462 e. The second-order valence-corrected chi connectivity index (χ2v) is 15.6. The fraction of sp³-hybridized carbons (Fsp3) is 0.689. The van der Waals surface area contributed by atoms with Crippen LogP contribution in [0.3, 0.4) is 0 Å². The van der Waals surface area contributed by atoms with Crippen molar-refractivity contribution in [2.24, 2.45) is 0 Å². The van der Waals surface area contributed by atoms with E-state index in [1.165, 1.54) is 64.2 Å². The van der Waals surface area contributed by atoms with Gasteiger partial charge in [0.1, 0.15) is 6.61 Å². The number of likely N-dealkylation sites (N-methyl/N-ethyl adjacent to an activating group) is 1. The van der Waals surface area contributed by atoms with Crippen molar-refractivity contribution >= 4 is 19.8 Å². The Bertz CT molecular complexity index is 1140. The highest BCUT2D eigenvalue weighted by Gasteiger charge is 2.26. The summed E-state index contributed by atoms with van der Waals surface area (Å²) in [4.78, 5) is 36.9. The number of allylic oxidation sites excluding steroid dienone is 12. The van der Waals surface area contributed by atoms with Crippen LogP contribution in [0.1, 0.15) is 155 Å². The number of ether oxygens (including phenoxy) is 2. The van der Waals surface area contributed by atoms with Crippen LogP contribution in [0.4, 0.5) is 0 Å². The lowest BCUT2D eigenvalue weighted by Gasteiger charge is -2.20. The van der Waals surface area contributed by atoms with Crippen LogP contribution < -0.4 is 0 Å². The quantitative estimate of drug-likeness (QED) is 0.0283. The Morgan fingerprint density at radius 3 is 1.51 bits per heavy atom. The zero-order valence-corrected chi connectivity index (χ0v) is 36.0. The predicted molar refractivity (Wildman–Crippen MR) is 229 cm³/mol. The maximum atomic E-state index is 12.6. The molecule has 0 radical (unpaired) electrons. The summed E-state index contributed by atoms with van der Waals surface area (Å²) in [6.45, 7) is 4.11. The van der Waals surface area contributed by atoms with Crippen molar-refractivity contribution in [3.05, 3.63) is 72.9 Å². The molecule has 316 valence electrons. The maximum Gasteiger partial charge on any atom is 0.472 e. The SMILES string of the molecule is CC/C=C\C/C=C\C/C=C\C/C=C\C/C=C\C/C=C\CCC(=O)OC(COC(=O)CCCCCCCCCCCCCCC)COP(=O)(O)OCCN(C)C. The third-order valence-corrected chi connectivity index (χ3v) is 9.53. The van der Waals surface area contributed by atoms with Crippen molar-refractivity contribution in [2.45, 2.75) is 161 Å². The number of phosphoric ester groups is 1. The van der Waals surface area contributed by atoms with Crippen LogP contribution in [0, 0.1) is 0 Å². The van der Waals surface area contributed by atoms with Gasteiger partial charge in [0.05, 0.1) is 13.2 Å². The van der Waals surface area contributed by atoms with Crippen molar-refractivity contribution in [1.82, 2.24) is 4.90 Å². The highest BCUT2D eigenvalue weighted by molar-refractivity contribution is 7.47. The Balaban J connectivity index is 4.45. The van der Waals surface area contributed by atoms with E-state index >= 15 is 0 Å². The normalized spacial score (nSPS) is 14.1. The average molecular weight is 792 g/mol. The van der Waals surface area contributed by atoms with Gasteiger partial charge in [-0.1, -0.05) is 164 Å². The summed E-state index contributed by atoms with van der Waals surface area (Å²) in [7, 11) is -0.754. The van der Waals surface area contributed by atoms with E-state index in [1.807, 2.05) is 26.2 Å². The zero-order valence-electron chi connectivity index (χ0n) is 35.1. The van der Waals surface area contributed by atoms with Gasteiger partial charge in [0, 0.05) is 19.4 Å². The van der Waals surface area contributed by atoms with E-state index in [2.05, 4.69) is 74.6 Å². The summed E-state index contributed by atoms with van der Waals surface area (Å²) in [5.74, 6) is -0.904. The molecule has 0 amide bonds. The molecule has 10 heteroatoms. The molecule has 0 saturated heterocycles. The predicted octanol–water partition coefficient (Wildman–Crippen LogP) is 12.1. The molecule has 0 aliphatic carbocycles. The Labute approximate surface area is 336 Å². The Kier molecular flexibility index (Phi) is 37.8. The molecule has 0 heterocycles. The molecule has 0 saturated carbocycles. The molecule has 0 aromatic carbocycles. The third-order valence-electron chi connectivity index (χ3n) is 8.54. The van der Waals surface area contributed by atoms with Crippen LogP contribution in [0.15, 0.2) is 72.9 Å². The van der Waals surface area contributed by atoms with E-state index in [0.29, 0.717) is 13.0 Å². The number of carbonyl (C=O) groups is 2. The summed E-state index contributed by atoms with van der Waals surface area (Å²) in [6, 6.07) is 0. The molecule has 0 aliphatic heterocycles. The number of hydrogen-bond donors (Lipinski definition) is 1. The van der Waals surface area contributed by atoms with Crippen LogP contribution in [-0.4, -0.2) is 68.3 Å². The molecule has 0 aromatic heterocycles. The lowest BCUT2D eigenvalue weighted by molar-refractivity contribution is -0.161. The number of nitrogens with zero attached hydrogens (tertiary/aromatic N) is 1. The highest BCUT2D eigenvalue weighted by Crippen LogP contribution is 2.43. The molecule has 2 unspecified atom stereocenters. The van der Waals surface area contributed by atoms with Crippen molar-refractivity contribution in [3.63, 3.8) is 0 Å². The summed E-state index contributed by atoms with van der Waals surface area (Å²) >= 11 is 0. The zero-order chi connectivity index (χ0) is 40.5. The van der Waals surface area contributed by atoms with Crippen LogP contribution >= 0.6 is 7.82 Å². The molecular weight excluding hydrogens is 713 g/mol. The first kappa shape index (κ1) is 52.5. The molecular formula is C45H78NO8P. The molecule has 0 bridgehead atoms. The molecule has 9 nitrogen and oxygen atoms in total. The summed E-state index contributed by atoms with van der Waals surface area (Å²) < 4.78 is 33.3. The van der Waals surface area contributed by atoms with Crippen LogP contribution in [0.25, 0.3) is 0 Å². The van der Waals surface area contributed by atoms with E-state index < -0.39 is 32.5 Å². The van der Waals surface area contributed by atoms with Crippen molar-refractivity contribution < 1.29 is 37.6 Å². The van der Waals surface area contributed by atoms with Crippen LogP contribution in [-0.2, 0) is 32.7 Å². The number of carbonyl (C=O) groups excluding carboxylic acids is 2. The maximum absolute atomic E-state index is 12.6. The van der Waals surface area contributed by atoms with Gasteiger partial charge in [0.15, 0.2) is 6.10 Å². The molecule has 55 heavy (non-hydrogen) atoms. The van der Waals surface area contributed by atoms with Gasteiger partial charge in [-0.2, -0.15) is 0 Å². The highest BCUT2D eigenvalue weighted by atomic mass is 31.2. The molecule has 0 fully saturated rings. The van der Waals surface area contributed by atoms with Crippen molar-refractivity contribution in [2.75, 3.05) is 40.5 Å². The molecule has 2 atom stereocenters. The van der Waals surface area contributed by atoms with Gasteiger partial charge in [-0.25, -0.2) is 4.57 Å². The Hall–Kier alpha value is -2.55. The molecule has 1 N–H and O–H groups in total. The lowest BCUT2D eigenvalue weighted by Crippen LogP contribution is -2.29. The number of hydrogen-bond acceptors (Lipinski definition) is 8. The smallest absolute Gasteiger partial charge is 0.462 e. The number of rotatable bonds is 38. The monoisotopic (exact) mass is 792 g/mol. The summed E-state index contributed by atoms with van der Waals surface area (Å²) in [5, 5.41) is 0. The second kappa shape index (κ2) is 39.7. The summed E-state index contributed by atoms with van der Waals surface area (Å²) in [5.41, 5.74) is 0. The van der Waals surface area contributed by atoms with E-state index in [4.69, 9.17) is 18.5 Å². The fourth-order valence-corrected chi connectivity index (χ4v) is 6.04. The number of esters is 2. The number of unbranched alkanes of at least 4 members (excludes halogenated alkanes) is 12.